The van der Waals surface area contributed by atoms with E-state index in [1.54, 1.807) is 0 Å². The number of carbonyl (C=O) groups is 1. The van der Waals surface area contributed by atoms with E-state index in [-0.39, 0.29) is 6.03 Å². The molecule has 1 fully saturated rings. The standard InChI is InChI=1S/C18H20N6O/c1-12-10-22-5-4-14(8-17(22)19-12)20-18(25)23-6-7-24-15(11-23)9-16(21-24)13-2-3-13/h4-5,8-10,13H,2-3,6-7,11H2,1H3,(H,20,25). The molecule has 7 nitrogen and oxygen atoms in total. The van der Waals surface area contributed by atoms with Crippen LogP contribution >= 0.6 is 0 Å². The van der Waals surface area contributed by atoms with Crippen molar-refractivity contribution in [2.75, 3.05) is 11.9 Å². The molecule has 0 aromatic carbocycles. The van der Waals surface area contributed by atoms with Gasteiger partial charge in [-0.25, -0.2) is 9.78 Å². The Kier molecular flexibility index (Phi) is 3.10. The summed E-state index contributed by atoms with van der Waals surface area (Å²) in [5.41, 5.74) is 4.88. The Morgan fingerprint density at radius 2 is 2.16 bits per heavy atom. The number of anilines is 1. The summed E-state index contributed by atoms with van der Waals surface area (Å²) in [6.45, 7) is 4.00. The van der Waals surface area contributed by atoms with Gasteiger partial charge in [0, 0.05) is 36.6 Å². The molecule has 4 heterocycles. The largest absolute Gasteiger partial charge is 0.322 e. The first-order valence-electron chi connectivity index (χ1n) is 8.73. The average molecular weight is 336 g/mol. The number of hydrogen-bond acceptors (Lipinski definition) is 3. The number of aromatic nitrogens is 4. The molecule has 3 aromatic rings. The number of urea groups is 1. The molecule has 1 aliphatic carbocycles. The van der Waals surface area contributed by atoms with Crippen LogP contribution in [0.3, 0.4) is 0 Å². The van der Waals surface area contributed by atoms with E-state index in [0.29, 0.717) is 19.0 Å². The highest BCUT2D eigenvalue weighted by molar-refractivity contribution is 5.89. The molecule has 7 heteroatoms. The van der Waals surface area contributed by atoms with Gasteiger partial charge < -0.3 is 14.6 Å². The Bertz CT molecular complexity index is 967. The van der Waals surface area contributed by atoms with Crippen molar-refractivity contribution in [3.05, 3.63) is 47.7 Å². The van der Waals surface area contributed by atoms with Gasteiger partial charge in [0.1, 0.15) is 5.65 Å². The zero-order valence-corrected chi connectivity index (χ0v) is 14.1. The summed E-state index contributed by atoms with van der Waals surface area (Å²) in [5, 5.41) is 7.66. The predicted octanol–water partition coefficient (Wildman–Crippen LogP) is 2.76. The van der Waals surface area contributed by atoms with Gasteiger partial charge in [-0.05, 0) is 31.9 Å². The molecule has 0 atom stereocenters. The molecule has 0 unspecified atom stereocenters. The van der Waals surface area contributed by atoms with Gasteiger partial charge in [0.15, 0.2) is 0 Å². The van der Waals surface area contributed by atoms with Gasteiger partial charge in [-0.15, -0.1) is 0 Å². The minimum absolute atomic E-state index is 0.0759. The van der Waals surface area contributed by atoms with Gasteiger partial charge in [0.05, 0.1) is 30.2 Å². The third kappa shape index (κ3) is 2.65. The maximum Gasteiger partial charge on any atom is 0.322 e. The molecule has 3 aromatic heterocycles. The van der Waals surface area contributed by atoms with Crippen LogP contribution in [0.4, 0.5) is 10.5 Å². The lowest BCUT2D eigenvalue weighted by Gasteiger charge is -2.27. The number of hydrogen-bond donors (Lipinski definition) is 1. The molecule has 1 aliphatic heterocycles. The van der Waals surface area contributed by atoms with Crippen LogP contribution in [-0.2, 0) is 13.1 Å². The van der Waals surface area contributed by atoms with Crippen LogP contribution in [0.1, 0.15) is 35.8 Å². The highest BCUT2D eigenvalue weighted by Gasteiger charge is 2.29. The summed E-state index contributed by atoms with van der Waals surface area (Å²) >= 11 is 0. The van der Waals surface area contributed by atoms with Gasteiger partial charge in [-0.2, -0.15) is 5.10 Å². The molecule has 2 amide bonds. The summed E-state index contributed by atoms with van der Waals surface area (Å²) in [6.07, 6.45) is 6.37. The molecule has 0 bridgehead atoms. The second kappa shape index (κ2) is 5.34. The van der Waals surface area contributed by atoms with Crippen molar-refractivity contribution >= 4 is 17.4 Å². The van der Waals surface area contributed by atoms with E-state index in [9.17, 15) is 4.79 Å². The number of aryl methyl sites for hydroxylation is 1. The van der Waals surface area contributed by atoms with Crippen molar-refractivity contribution < 1.29 is 4.79 Å². The van der Waals surface area contributed by atoms with Gasteiger partial charge in [0.25, 0.3) is 0 Å². The normalized spacial score (nSPS) is 16.9. The number of nitrogens with one attached hydrogen (secondary N) is 1. The summed E-state index contributed by atoms with van der Waals surface area (Å²) in [6, 6.07) is 5.87. The monoisotopic (exact) mass is 336 g/mol. The predicted molar refractivity (Wildman–Crippen MR) is 93.6 cm³/mol. The van der Waals surface area contributed by atoms with Crippen LogP contribution in [0.5, 0.6) is 0 Å². The Balaban J connectivity index is 1.31. The number of carbonyl (C=O) groups excluding carboxylic acids is 1. The van der Waals surface area contributed by atoms with E-state index >= 15 is 0 Å². The van der Waals surface area contributed by atoms with Gasteiger partial charge in [-0.1, -0.05) is 0 Å². The van der Waals surface area contributed by atoms with Crippen LogP contribution in [0.2, 0.25) is 0 Å². The number of rotatable bonds is 2. The van der Waals surface area contributed by atoms with Crippen molar-refractivity contribution in [3.8, 4) is 0 Å². The zero-order valence-electron chi connectivity index (χ0n) is 14.1. The Hall–Kier alpha value is -2.83. The van der Waals surface area contributed by atoms with Crippen molar-refractivity contribution in [3.63, 3.8) is 0 Å². The van der Waals surface area contributed by atoms with Crippen molar-refractivity contribution in [2.24, 2.45) is 0 Å². The molecule has 128 valence electrons. The minimum Gasteiger partial charge on any atom is -0.317 e. The molecule has 1 saturated carbocycles. The van der Waals surface area contributed by atoms with E-state index in [0.717, 1.165) is 29.3 Å². The molecule has 1 N–H and O–H groups in total. The summed E-state index contributed by atoms with van der Waals surface area (Å²) in [5.74, 6) is 0.644. The molecule has 5 rings (SSSR count). The van der Waals surface area contributed by atoms with Gasteiger partial charge in [-0.3, -0.25) is 4.68 Å². The van der Waals surface area contributed by atoms with Gasteiger partial charge in [0.2, 0.25) is 0 Å². The van der Waals surface area contributed by atoms with E-state index in [1.165, 1.54) is 18.5 Å². The smallest absolute Gasteiger partial charge is 0.317 e. The van der Waals surface area contributed by atoms with Gasteiger partial charge >= 0.3 is 6.03 Å². The van der Waals surface area contributed by atoms with Crippen molar-refractivity contribution in [1.29, 1.82) is 0 Å². The Morgan fingerprint density at radius 3 is 3.00 bits per heavy atom. The van der Waals surface area contributed by atoms with Crippen molar-refractivity contribution in [1.82, 2.24) is 24.1 Å². The van der Waals surface area contributed by atoms with Crippen LogP contribution < -0.4 is 5.32 Å². The number of imidazole rings is 1. The maximum atomic E-state index is 12.6. The average Bonchev–Trinajstić information content (AvgIpc) is 3.25. The van der Waals surface area contributed by atoms with E-state index in [2.05, 4.69) is 26.1 Å². The maximum absolute atomic E-state index is 12.6. The highest BCUT2D eigenvalue weighted by Crippen LogP contribution is 2.39. The molecule has 25 heavy (non-hydrogen) atoms. The molecule has 0 saturated heterocycles. The highest BCUT2D eigenvalue weighted by atomic mass is 16.2. The summed E-state index contributed by atoms with van der Waals surface area (Å²) < 4.78 is 4.00. The van der Waals surface area contributed by atoms with E-state index < -0.39 is 0 Å². The molecule has 0 spiro atoms. The van der Waals surface area contributed by atoms with Crippen LogP contribution in [0.15, 0.2) is 30.6 Å². The fraction of sp³-hybridized carbons (Fsp3) is 0.389. The lowest BCUT2D eigenvalue weighted by molar-refractivity contribution is 0.194. The SMILES string of the molecule is Cc1cn2ccc(NC(=O)N3CCn4nc(C5CC5)cc4C3)cc2n1. The second-order valence-electron chi connectivity index (χ2n) is 6.97. The molecule has 2 aliphatic rings. The van der Waals surface area contributed by atoms with Crippen LogP contribution in [-0.4, -0.2) is 36.6 Å². The molecular weight excluding hydrogens is 316 g/mol. The van der Waals surface area contributed by atoms with Crippen LogP contribution in [0, 0.1) is 6.92 Å². The molecular formula is C18H20N6O. The fourth-order valence-corrected chi connectivity index (χ4v) is 3.43. The number of nitrogens with zero attached hydrogens (tertiary/aromatic N) is 5. The third-order valence-corrected chi connectivity index (χ3v) is 4.93. The third-order valence-electron chi connectivity index (χ3n) is 4.93. The second-order valence-corrected chi connectivity index (χ2v) is 6.97. The van der Waals surface area contributed by atoms with E-state index in [4.69, 9.17) is 0 Å². The number of fused-ring (bicyclic) bond motifs is 2. The number of pyridine rings is 1. The number of amides is 2. The first kappa shape index (κ1) is 14.5. The lowest BCUT2D eigenvalue weighted by atomic mass is 10.2. The van der Waals surface area contributed by atoms with Crippen LogP contribution in [0.25, 0.3) is 5.65 Å². The fourth-order valence-electron chi connectivity index (χ4n) is 3.43. The first-order chi connectivity index (χ1) is 12.2. The topological polar surface area (TPSA) is 67.5 Å². The zero-order chi connectivity index (χ0) is 17.0. The van der Waals surface area contributed by atoms with E-state index in [1.807, 2.05) is 40.8 Å². The summed E-state index contributed by atoms with van der Waals surface area (Å²) in [7, 11) is 0. The minimum atomic E-state index is -0.0759. The quantitative estimate of drug-likeness (QED) is 0.782. The lowest BCUT2D eigenvalue weighted by Crippen LogP contribution is -2.40. The van der Waals surface area contributed by atoms with Crippen molar-refractivity contribution in [2.45, 2.75) is 38.8 Å². The first-order valence-corrected chi connectivity index (χ1v) is 8.73. The molecule has 0 radical (unpaired) electrons. The Labute approximate surface area is 145 Å². The Morgan fingerprint density at radius 1 is 1.28 bits per heavy atom. The summed E-state index contributed by atoms with van der Waals surface area (Å²) in [4.78, 5) is 18.9.